The van der Waals surface area contributed by atoms with E-state index in [1.54, 1.807) is 24.3 Å². The summed E-state index contributed by atoms with van der Waals surface area (Å²) in [6.07, 6.45) is 4.77. The monoisotopic (exact) mass is 422 g/mol. The van der Waals surface area contributed by atoms with E-state index in [4.69, 9.17) is 4.74 Å². The van der Waals surface area contributed by atoms with Crippen LogP contribution in [-0.4, -0.2) is 48.7 Å². The van der Waals surface area contributed by atoms with Crippen molar-refractivity contribution in [3.8, 4) is 5.75 Å². The highest BCUT2D eigenvalue weighted by molar-refractivity contribution is 7.92. The van der Waals surface area contributed by atoms with Crippen molar-refractivity contribution < 1.29 is 13.2 Å². The molecule has 0 aliphatic carbocycles. The summed E-state index contributed by atoms with van der Waals surface area (Å²) in [7, 11) is -1.52. The van der Waals surface area contributed by atoms with Crippen LogP contribution >= 0.6 is 0 Å². The van der Waals surface area contributed by atoms with E-state index in [0.29, 0.717) is 18.0 Å². The van der Waals surface area contributed by atoms with Crippen LogP contribution in [0.4, 0.5) is 5.69 Å². The van der Waals surface area contributed by atoms with Crippen molar-refractivity contribution >= 4 is 15.7 Å². The Hall–Kier alpha value is -2.59. The van der Waals surface area contributed by atoms with Gasteiger partial charge in [0.2, 0.25) is 0 Å². The largest absolute Gasteiger partial charge is 0.492 e. The zero-order chi connectivity index (χ0) is 21.0. The molecule has 1 aromatic heterocycles. The highest BCUT2D eigenvalue weighted by Crippen LogP contribution is 2.18. The molecular formula is C19H26N4O5S. The Balaban J connectivity index is 1.64. The van der Waals surface area contributed by atoms with Crippen LogP contribution in [0.15, 0.2) is 44.9 Å². The maximum atomic E-state index is 12.6. The van der Waals surface area contributed by atoms with Crippen LogP contribution in [0.1, 0.15) is 19.3 Å². The van der Waals surface area contributed by atoms with Crippen LogP contribution in [0, 0.1) is 0 Å². The first kappa shape index (κ1) is 21.1. The van der Waals surface area contributed by atoms with E-state index in [0.717, 1.165) is 35.0 Å². The van der Waals surface area contributed by atoms with Crippen molar-refractivity contribution in [1.29, 1.82) is 0 Å². The van der Waals surface area contributed by atoms with Crippen molar-refractivity contribution in [3.63, 3.8) is 0 Å². The lowest BCUT2D eigenvalue weighted by Gasteiger charge is -2.26. The number of hydrogen-bond acceptors (Lipinski definition) is 6. The SMILES string of the molecule is Cn1cc(S(=O)(=O)Nc2ccc(OCCN3CCCCC3)cc2)c(=O)n(C)c1=O. The van der Waals surface area contributed by atoms with E-state index in [1.807, 2.05) is 0 Å². The number of sulfonamides is 1. The standard InChI is InChI=1S/C19H26N4O5S/c1-21-14-17(18(24)22(2)19(21)25)29(26,27)20-15-6-8-16(9-7-15)28-13-12-23-10-4-3-5-11-23/h6-9,14,20H,3-5,10-13H2,1-2H3. The third kappa shape index (κ3) is 5.07. The fourth-order valence-electron chi connectivity index (χ4n) is 3.26. The average molecular weight is 423 g/mol. The first-order chi connectivity index (χ1) is 13.8. The summed E-state index contributed by atoms with van der Waals surface area (Å²) in [4.78, 5) is 25.8. The average Bonchev–Trinajstić information content (AvgIpc) is 2.71. The predicted molar refractivity (Wildman–Crippen MR) is 110 cm³/mol. The summed E-state index contributed by atoms with van der Waals surface area (Å²) in [5.74, 6) is 0.642. The van der Waals surface area contributed by atoms with Gasteiger partial charge in [0.15, 0.2) is 4.90 Å². The lowest BCUT2D eigenvalue weighted by molar-refractivity contribution is 0.183. The third-order valence-electron chi connectivity index (χ3n) is 4.94. The van der Waals surface area contributed by atoms with Gasteiger partial charge in [0.25, 0.3) is 15.6 Å². The molecule has 1 aliphatic rings. The predicted octanol–water partition coefficient (Wildman–Crippen LogP) is 0.750. The summed E-state index contributed by atoms with van der Waals surface area (Å²) < 4.78 is 35.1. The Morgan fingerprint density at radius 1 is 1.03 bits per heavy atom. The number of aromatic nitrogens is 2. The van der Waals surface area contributed by atoms with Gasteiger partial charge in [0.05, 0.1) is 0 Å². The molecular weight excluding hydrogens is 396 g/mol. The Morgan fingerprint density at radius 2 is 1.69 bits per heavy atom. The fraction of sp³-hybridized carbons (Fsp3) is 0.474. The Labute approximate surface area is 169 Å². The van der Waals surface area contributed by atoms with Crippen LogP contribution in [0.5, 0.6) is 5.75 Å². The van der Waals surface area contributed by atoms with Crippen molar-refractivity contribution in [2.24, 2.45) is 14.1 Å². The summed E-state index contributed by atoms with van der Waals surface area (Å²) in [6.45, 7) is 3.65. The first-order valence-electron chi connectivity index (χ1n) is 9.52. The number of ether oxygens (including phenoxy) is 1. The number of nitrogens with zero attached hydrogens (tertiary/aromatic N) is 3. The number of piperidine rings is 1. The molecule has 158 valence electrons. The second kappa shape index (κ2) is 8.83. The maximum absolute atomic E-state index is 12.6. The Bertz CT molecular complexity index is 1070. The van der Waals surface area contributed by atoms with E-state index in [2.05, 4.69) is 9.62 Å². The smallest absolute Gasteiger partial charge is 0.330 e. The summed E-state index contributed by atoms with van der Waals surface area (Å²) >= 11 is 0. The molecule has 1 aromatic carbocycles. The minimum atomic E-state index is -4.14. The third-order valence-corrected chi connectivity index (χ3v) is 6.30. The molecule has 0 unspecified atom stereocenters. The minimum absolute atomic E-state index is 0.296. The van der Waals surface area contributed by atoms with E-state index in [-0.39, 0.29) is 0 Å². The van der Waals surface area contributed by atoms with Crippen molar-refractivity contribution in [1.82, 2.24) is 14.0 Å². The molecule has 2 aromatic rings. The van der Waals surface area contributed by atoms with Crippen molar-refractivity contribution in [2.45, 2.75) is 24.2 Å². The number of hydrogen-bond donors (Lipinski definition) is 1. The number of anilines is 1. The van der Waals surface area contributed by atoms with Gasteiger partial charge in [-0.1, -0.05) is 6.42 Å². The topological polar surface area (TPSA) is 103 Å². The molecule has 1 aliphatic heterocycles. The van der Waals surface area contributed by atoms with Gasteiger partial charge in [-0.05, 0) is 50.2 Å². The maximum Gasteiger partial charge on any atom is 0.330 e. The number of nitrogens with one attached hydrogen (secondary N) is 1. The second-order valence-electron chi connectivity index (χ2n) is 7.13. The molecule has 1 N–H and O–H groups in total. The molecule has 3 rings (SSSR count). The highest BCUT2D eigenvalue weighted by atomic mass is 32.2. The minimum Gasteiger partial charge on any atom is -0.492 e. The molecule has 1 saturated heterocycles. The lowest BCUT2D eigenvalue weighted by Crippen LogP contribution is -2.40. The molecule has 0 atom stereocenters. The van der Waals surface area contributed by atoms with Crippen LogP contribution in [-0.2, 0) is 24.1 Å². The van der Waals surface area contributed by atoms with Gasteiger partial charge in [0, 0.05) is 32.5 Å². The quantitative estimate of drug-likeness (QED) is 0.706. The molecule has 0 saturated carbocycles. The van der Waals surface area contributed by atoms with E-state index in [9.17, 15) is 18.0 Å². The zero-order valence-corrected chi connectivity index (χ0v) is 17.4. The van der Waals surface area contributed by atoms with Gasteiger partial charge in [-0.2, -0.15) is 0 Å². The molecule has 0 spiro atoms. The number of rotatable bonds is 7. The van der Waals surface area contributed by atoms with Gasteiger partial charge in [0.1, 0.15) is 12.4 Å². The number of benzene rings is 1. The van der Waals surface area contributed by atoms with E-state index >= 15 is 0 Å². The van der Waals surface area contributed by atoms with Gasteiger partial charge < -0.3 is 9.30 Å². The van der Waals surface area contributed by atoms with Crippen LogP contribution in [0.3, 0.4) is 0 Å². The molecule has 29 heavy (non-hydrogen) atoms. The van der Waals surface area contributed by atoms with Gasteiger partial charge >= 0.3 is 5.69 Å². The van der Waals surface area contributed by atoms with Crippen LogP contribution in [0.2, 0.25) is 0 Å². The summed E-state index contributed by atoms with van der Waals surface area (Å²) in [5.41, 5.74) is -1.18. The van der Waals surface area contributed by atoms with E-state index < -0.39 is 26.2 Å². The number of likely N-dealkylation sites (tertiary alicyclic amines) is 1. The molecule has 0 amide bonds. The second-order valence-corrected chi connectivity index (χ2v) is 8.78. The molecule has 0 radical (unpaired) electrons. The summed E-state index contributed by atoms with van der Waals surface area (Å²) in [6, 6.07) is 6.49. The van der Waals surface area contributed by atoms with Crippen molar-refractivity contribution in [3.05, 3.63) is 51.3 Å². The molecule has 9 nitrogen and oxygen atoms in total. The fourth-order valence-corrected chi connectivity index (χ4v) is 4.48. The van der Waals surface area contributed by atoms with Gasteiger partial charge in [-0.3, -0.25) is 19.0 Å². The number of aryl methyl sites for hydroxylation is 1. The van der Waals surface area contributed by atoms with Crippen molar-refractivity contribution in [2.75, 3.05) is 31.0 Å². The molecule has 2 heterocycles. The van der Waals surface area contributed by atoms with Gasteiger partial charge in [-0.15, -0.1) is 0 Å². The zero-order valence-electron chi connectivity index (χ0n) is 16.6. The molecule has 0 bridgehead atoms. The summed E-state index contributed by atoms with van der Waals surface area (Å²) in [5, 5.41) is 0. The van der Waals surface area contributed by atoms with Crippen LogP contribution < -0.4 is 20.7 Å². The Morgan fingerprint density at radius 3 is 2.34 bits per heavy atom. The van der Waals surface area contributed by atoms with Gasteiger partial charge in [-0.25, -0.2) is 13.2 Å². The first-order valence-corrected chi connectivity index (χ1v) is 11.0. The lowest BCUT2D eigenvalue weighted by atomic mass is 10.1. The Kier molecular flexibility index (Phi) is 6.43. The molecule has 1 fully saturated rings. The highest BCUT2D eigenvalue weighted by Gasteiger charge is 2.21. The molecule has 10 heteroatoms. The normalized spacial score (nSPS) is 15.2. The van der Waals surface area contributed by atoms with E-state index in [1.165, 1.54) is 33.4 Å². The van der Waals surface area contributed by atoms with Crippen LogP contribution in [0.25, 0.3) is 0 Å².